The SMILES string of the molecule is O=C1CCC2(CCN(C(=O)NCc3ccccc3)CC2)CN1CCc1cnc[nH]1. The molecule has 7 nitrogen and oxygen atoms in total. The molecule has 1 spiro atoms. The minimum Gasteiger partial charge on any atom is -0.348 e. The van der Waals surface area contributed by atoms with Crippen molar-refractivity contribution < 1.29 is 9.59 Å². The number of nitrogens with zero attached hydrogens (tertiary/aromatic N) is 3. The molecule has 0 unspecified atom stereocenters. The summed E-state index contributed by atoms with van der Waals surface area (Å²) in [6, 6.07) is 9.97. The number of aromatic nitrogens is 2. The van der Waals surface area contributed by atoms with Gasteiger partial charge in [-0.3, -0.25) is 4.79 Å². The minimum absolute atomic E-state index is 0.00619. The normalized spacial score (nSPS) is 18.8. The third kappa shape index (κ3) is 4.78. The maximum Gasteiger partial charge on any atom is 0.317 e. The molecule has 0 bridgehead atoms. The third-order valence-electron chi connectivity index (χ3n) is 6.35. The number of benzene rings is 1. The van der Waals surface area contributed by atoms with E-state index in [2.05, 4.69) is 15.3 Å². The lowest BCUT2D eigenvalue weighted by Crippen LogP contribution is -2.53. The van der Waals surface area contributed by atoms with Crippen molar-refractivity contribution in [3.8, 4) is 0 Å². The maximum atomic E-state index is 12.5. The standard InChI is InChI=1S/C22H29N5O2/c28-20-6-8-22(16-27(20)11-7-19-15-23-17-25-19)9-12-26(13-10-22)21(29)24-14-18-4-2-1-3-5-18/h1-5,15,17H,6-14,16H2,(H,23,25)(H,24,29). The predicted octanol–water partition coefficient (Wildman–Crippen LogP) is 2.57. The lowest BCUT2D eigenvalue weighted by Gasteiger charge is -2.47. The van der Waals surface area contributed by atoms with E-state index < -0.39 is 0 Å². The fraction of sp³-hybridized carbons (Fsp3) is 0.500. The molecule has 4 rings (SSSR count). The van der Waals surface area contributed by atoms with Crippen LogP contribution in [0.15, 0.2) is 42.9 Å². The molecule has 2 saturated heterocycles. The summed E-state index contributed by atoms with van der Waals surface area (Å²) in [4.78, 5) is 36.0. The second-order valence-corrected chi connectivity index (χ2v) is 8.27. The Morgan fingerprint density at radius 1 is 1.17 bits per heavy atom. The van der Waals surface area contributed by atoms with Crippen molar-refractivity contribution in [1.82, 2.24) is 25.1 Å². The molecule has 2 aliphatic heterocycles. The van der Waals surface area contributed by atoms with Crippen LogP contribution in [0.1, 0.15) is 36.9 Å². The van der Waals surface area contributed by atoms with Gasteiger partial charge in [-0.1, -0.05) is 30.3 Å². The zero-order valence-corrected chi connectivity index (χ0v) is 16.8. The van der Waals surface area contributed by atoms with Crippen molar-refractivity contribution in [3.63, 3.8) is 0 Å². The van der Waals surface area contributed by atoms with Crippen LogP contribution in [0.4, 0.5) is 4.79 Å². The summed E-state index contributed by atoms with van der Waals surface area (Å²) in [6.07, 6.45) is 7.76. The van der Waals surface area contributed by atoms with Crippen molar-refractivity contribution in [2.45, 2.75) is 38.6 Å². The van der Waals surface area contributed by atoms with E-state index in [0.717, 1.165) is 63.1 Å². The largest absolute Gasteiger partial charge is 0.348 e. The van der Waals surface area contributed by atoms with Gasteiger partial charge >= 0.3 is 6.03 Å². The van der Waals surface area contributed by atoms with E-state index in [-0.39, 0.29) is 17.4 Å². The van der Waals surface area contributed by atoms with Crippen molar-refractivity contribution in [1.29, 1.82) is 0 Å². The van der Waals surface area contributed by atoms with Crippen LogP contribution in [0.25, 0.3) is 0 Å². The van der Waals surface area contributed by atoms with Gasteiger partial charge in [0.1, 0.15) is 0 Å². The van der Waals surface area contributed by atoms with Crippen LogP contribution in [0.5, 0.6) is 0 Å². The smallest absolute Gasteiger partial charge is 0.317 e. The van der Waals surface area contributed by atoms with Gasteiger partial charge in [0.15, 0.2) is 0 Å². The molecule has 2 aromatic rings. The molecule has 1 aromatic carbocycles. The fourth-order valence-electron chi connectivity index (χ4n) is 4.46. The first-order chi connectivity index (χ1) is 14.1. The molecule has 154 valence electrons. The summed E-state index contributed by atoms with van der Waals surface area (Å²) in [7, 11) is 0. The van der Waals surface area contributed by atoms with Crippen LogP contribution in [-0.4, -0.2) is 57.9 Å². The van der Waals surface area contributed by atoms with Crippen LogP contribution < -0.4 is 5.32 Å². The van der Waals surface area contributed by atoms with Crippen molar-refractivity contribution in [2.24, 2.45) is 5.41 Å². The Hall–Kier alpha value is -2.83. The summed E-state index contributed by atoms with van der Waals surface area (Å²) in [5.74, 6) is 0.248. The van der Waals surface area contributed by atoms with Crippen molar-refractivity contribution in [3.05, 3.63) is 54.1 Å². The van der Waals surface area contributed by atoms with Crippen LogP contribution in [-0.2, 0) is 17.8 Å². The molecule has 0 aliphatic carbocycles. The Balaban J connectivity index is 1.27. The van der Waals surface area contributed by atoms with Gasteiger partial charge in [0.25, 0.3) is 0 Å². The van der Waals surface area contributed by atoms with Crippen LogP contribution in [0.3, 0.4) is 0 Å². The molecule has 2 fully saturated rings. The molecule has 1 aromatic heterocycles. The van der Waals surface area contributed by atoms with Crippen LogP contribution >= 0.6 is 0 Å². The van der Waals surface area contributed by atoms with Gasteiger partial charge < -0.3 is 20.1 Å². The number of likely N-dealkylation sites (tertiary alicyclic amines) is 2. The van der Waals surface area contributed by atoms with Crippen molar-refractivity contribution in [2.75, 3.05) is 26.2 Å². The van der Waals surface area contributed by atoms with Gasteiger partial charge in [-0.05, 0) is 30.2 Å². The number of carbonyl (C=O) groups is 2. The van der Waals surface area contributed by atoms with E-state index in [9.17, 15) is 9.59 Å². The van der Waals surface area contributed by atoms with Gasteiger partial charge in [0.2, 0.25) is 5.91 Å². The number of nitrogens with one attached hydrogen (secondary N) is 2. The number of H-pyrrole nitrogens is 1. The topological polar surface area (TPSA) is 81.3 Å². The number of carbonyl (C=O) groups excluding carboxylic acids is 2. The Labute approximate surface area is 171 Å². The number of hydrogen-bond acceptors (Lipinski definition) is 3. The molecule has 2 N–H and O–H groups in total. The first kappa shape index (κ1) is 19.5. The summed E-state index contributed by atoms with van der Waals surface area (Å²) in [6.45, 7) is 3.59. The lowest BCUT2D eigenvalue weighted by atomic mass is 9.72. The number of hydrogen-bond donors (Lipinski definition) is 2. The fourth-order valence-corrected chi connectivity index (χ4v) is 4.46. The summed E-state index contributed by atoms with van der Waals surface area (Å²) < 4.78 is 0. The Morgan fingerprint density at radius 2 is 1.97 bits per heavy atom. The zero-order valence-electron chi connectivity index (χ0n) is 16.8. The second-order valence-electron chi connectivity index (χ2n) is 8.27. The summed E-state index contributed by atoms with van der Waals surface area (Å²) in [5, 5.41) is 3.02. The Morgan fingerprint density at radius 3 is 2.69 bits per heavy atom. The molecular formula is C22H29N5O2. The highest BCUT2D eigenvalue weighted by atomic mass is 16.2. The number of urea groups is 1. The van der Waals surface area contributed by atoms with E-state index in [1.165, 1.54) is 0 Å². The highest BCUT2D eigenvalue weighted by Crippen LogP contribution is 2.40. The number of imidazole rings is 1. The molecule has 29 heavy (non-hydrogen) atoms. The number of piperidine rings is 2. The highest BCUT2D eigenvalue weighted by molar-refractivity contribution is 5.77. The van der Waals surface area contributed by atoms with Gasteiger partial charge in [0, 0.05) is 57.5 Å². The Bertz CT molecular complexity index is 813. The quantitative estimate of drug-likeness (QED) is 0.816. The molecular weight excluding hydrogens is 366 g/mol. The van der Waals surface area contributed by atoms with E-state index >= 15 is 0 Å². The number of aromatic amines is 1. The van der Waals surface area contributed by atoms with E-state index in [0.29, 0.717) is 13.0 Å². The average molecular weight is 396 g/mol. The first-order valence-corrected chi connectivity index (χ1v) is 10.5. The van der Waals surface area contributed by atoms with Gasteiger partial charge in [-0.25, -0.2) is 9.78 Å². The third-order valence-corrected chi connectivity index (χ3v) is 6.35. The maximum absolute atomic E-state index is 12.5. The molecule has 2 aliphatic rings. The molecule has 3 heterocycles. The van der Waals surface area contributed by atoms with Gasteiger partial charge in [-0.2, -0.15) is 0 Å². The molecule has 7 heteroatoms. The van der Waals surface area contributed by atoms with Gasteiger partial charge in [-0.15, -0.1) is 0 Å². The predicted molar refractivity (Wildman–Crippen MR) is 110 cm³/mol. The van der Waals surface area contributed by atoms with Gasteiger partial charge in [0.05, 0.1) is 6.33 Å². The number of amides is 3. The van der Waals surface area contributed by atoms with Crippen LogP contribution in [0.2, 0.25) is 0 Å². The van der Waals surface area contributed by atoms with Crippen molar-refractivity contribution >= 4 is 11.9 Å². The van der Waals surface area contributed by atoms with E-state index in [1.807, 2.05) is 46.3 Å². The summed E-state index contributed by atoms with van der Waals surface area (Å²) in [5.41, 5.74) is 2.31. The van der Waals surface area contributed by atoms with E-state index in [4.69, 9.17) is 0 Å². The second kappa shape index (κ2) is 8.68. The van der Waals surface area contributed by atoms with Crippen LogP contribution in [0, 0.1) is 5.41 Å². The minimum atomic E-state index is 0.00619. The summed E-state index contributed by atoms with van der Waals surface area (Å²) >= 11 is 0. The molecule has 0 saturated carbocycles. The first-order valence-electron chi connectivity index (χ1n) is 10.5. The lowest BCUT2D eigenvalue weighted by molar-refractivity contribution is -0.138. The Kier molecular flexibility index (Phi) is 5.83. The molecule has 3 amide bonds. The average Bonchev–Trinajstić information content (AvgIpc) is 3.28. The zero-order chi connectivity index (χ0) is 20.1. The van der Waals surface area contributed by atoms with E-state index in [1.54, 1.807) is 6.33 Å². The monoisotopic (exact) mass is 395 g/mol. The molecule has 0 radical (unpaired) electrons. The molecule has 0 atom stereocenters. The highest BCUT2D eigenvalue weighted by Gasteiger charge is 2.41. The number of rotatable bonds is 5.